The molecule has 1 rings (SSSR count). The van der Waals surface area contributed by atoms with Gasteiger partial charge in [0.25, 0.3) is 0 Å². The van der Waals surface area contributed by atoms with E-state index in [2.05, 4.69) is 4.52 Å². The summed E-state index contributed by atoms with van der Waals surface area (Å²) in [6.45, 7) is 4.43. The van der Waals surface area contributed by atoms with Crippen molar-refractivity contribution in [3.8, 4) is 0 Å². The summed E-state index contributed by atoms with van der Waals surface area (Å²) in [6.07, 6.45) is -7.12. The molecule has 1 aliphatic heterocycles. The fraction of sp³-hybridized carbons (Fsp3) is 1.00. The maximum atomic E-state index is 10.6. The van der Waals surface area contributed by atoms with Crippen LogP contribution < -0.4 is 0 Å². The van der Waals surface area contributed by atoms with Gasteiger partial charge in [0.15, 0.2) is 6.29 Å². The van der Waals surface area contributed by atoms with E-state index in [9.17, 15) is 19.9 Å². The SMILES string of the molecule is CC(C)(C)OC1O[C@H](COP(=O)(O)O)[C@@H](O)[C@H](O)[C@@H]1O. The second-order valence-corrected chi connectivity index (χ2v) is 6.77. The number of rotatable bonds is 4. The maximum Gasteiger partial charge on any atom is 0.469 e. The molecule has 0 spiro atoms. The molecule has 0 aromatic rings. The van der Waals surface area contributed by atoms with Crippen LogP contribution in [0.15, 0.2) is 0 Å². The van der Waals surface area contributed by atoms with E-state index in [4.69, 9.17) is 19.3 Å². The molecule has 1 fully saturated rings. The summed E-state index contributed by atoms with van der Waals surface area (Å²) in [5.74, 6) is 0. The molecule has 1 saturated heterocycles. The fourth-order valence-corrected chi connectivity index (χ4v) is 2.01. The molecule has 10 heteroatoms. The largest absolute Gasteiger partial charge is 0.469 e. The van der Waals surface area contributed by atoms with Gasteiger partial charge < -0.3 is 34.6 Å². The van der Waals surface area contributed by atoms with Gasteiger partial charge in [-0.05, 0) is 20.8 Å². The van der Waals surface area contributed by atoms with Gasteiger partial charge in [-0.3, -0.25) is 4.52 Å². The van der Waals surface area contributed by atoms with Gasteiger partial charge in [-0.25, -0.2) is 4.57 Å². The number of aliphatic hydroxyl groups excluding tert-OH is 3. The van der Waals surface area contributed by atoms with E-state index in [0.717, 1.165) is 0 Å². The Morgan fingerprint density at radius 1 is 1.10 bits per heavy atom. The molecule has 0 aromatic carbocycles. The van der Waals surface area contributed by atoms with Crippen molar-refractivity contribution in [2.24, 2.45) is 0 Å². The fourth-order valence-electron chi connectivity index (χ4n) is 1.67. The summed E-state index contributed by atoms with van der Waals surface area (Å²) in [5, 5.41) is 29.2. The van der Waals surface area contributed by atoms with Crippen molar-refractivity contribution in [3.05, 3.63) is 0 Å². The number of aliphatic hydroxyl groups is 3. The molecule has 1 aliphatic rings. The standard InChI is InChI=1S/C10H21O9P/c1-10(2,3)19-9-8(13)7(12)6(11)5(18-9)4-17-20(14,15)16/h5-9,11-13H,4H2,1-3H3,(H2,14,15,16)/t5-,6-,7+,8+,9?/m1/s1. The zero-order valence-electron chi connectivity index (χ0n) is 11.4. The van der Waals surface area contributed by atoms with Crippen molar-refractivity contribution in [2.45, 2.75) is 57.1 Å². The zero-order valence-corrected chi connectivity index (χ0v) is 12.3. The van der Waals surface area contributed by atoms with Crippen molar-refractivity contribution in [1.82, 2.24) is 0 Å². The highest BCUT2D eigenvalue weighted by Gasteiger charge is 2.46. The quantitative estimate of drug-likeness (QED) is 0.400. The first-order chi connectivity index (χ1) is 8.91. The van der Waals surface area contributed by atoms with Crippen LogP contribution in [0.2, 0.25) is 0 Å². The minimum atomic E-state index is -4.73. The Balaban J connectivity index is 2.73. The van der Waals surface area contributed by atoms with E-state index in [1.54, 1.807) is 20.8 Å². The van der Waals surface area contributed by atoms with E-state index in [0.29, 0.717) is 0 Å². The van der Waals surface area contributed by atoms with Crippen molar-refractivity contribution in [3.63, 3.8) is 0 Å². The van der Waals surface area contributed by atoms with Crippen molar-refractivity contribution in [2.75, 3.05) is 6.61 Å². The van der Waals surface area contributed by atoms with Gasteiger partial charge >= 0.3 is 7.82 Å². The van der Waals surface area contributed by atoms with Crippen molar-refractivity contribution >= 4 is 7.82 Å². The van der Waals surface area contributed by atoms with Gasteiger partial charge in [0.1, 0.15) is 24.4 Å². The van der Waals surface area contributed by atoms with Crippen LogP contribution >= 0.6 is 7.82 Å². The van der Waals surface area contributed by atoms with E-state index >= 15 is 0 Å². The van der Waals surface area contributed by atoms with Gasteiger partial charge in [0.2, 0.25) is 0 Å². The molecule has 1 heterocycles. The number of phosphoric acid groups is 1. The van der Waals surface area contributed by atoms with E-state index in [1.807, 2.05) is 0 Å². The van der Waals surface area contributed by atoms with E-state index < -0.39 is 50.7 Å². The molecule has 20 heavy (non-hydrogen) atoms. The van der Waals surface area contributed by atoms with E-state index in [-0.39, 0.29) is 0 Å². The first-order valence-electron chi connectivity index (χ1n) is 5.98. The minimum Gasteiger partial charge on any atom is -0.387 e. The lowest BCUT2D eigenvalue weighted by Gasteiger charge is -2.42. The Kier molecular flexibility index (Phi) is 5.70. The molecule has 0 saturated carbocycles. The highest BCUT2D eigenvalue weighted by Crippen LogP contribution is 2.37. The lowest BCUT2D eigenvalue weighted by Crippen LogP contribution is -2.60. The van der Waals surface area contributed by atoms with Crippen LogP contribution in [0.25, 0.3) is 0 Å². The van der Waals surface area contributed by atoms with Gasteiger partial charge in [0.05, 0.1) is 12.2 Å². The first kappa shape index (κ1) is 18.0. The highest BCUT2D eigenvalue weighted by atomic mass is 31.2. The van der Waals surface area contributed by atoms with Crippen LogP contribution in [0, 0.1) is 0 Å². The summed E-state index contributed by atoms with van der Waals surface area (Å²) in [6, 6.07) is 0. The monoisotopic (exact) mass is 316 g/mol. The summed E-state index contributed by atoms with van der Waals surface area (Å²) in [5.41, 5.74) is -0.692. The summed E-state index contributed by atoms with van der Waals surface area (Å²) in [4.78, 5) is 17.2. The number of phosphoric ester groups is 1. The Morgan fingerprint density at radius 2 is 1.65 bits per heavy atom. The van der Waals surface area contributed by atoms with Crippen LogP contribution in [0.1, 0.15) is 20.8 Å². The second kappa shape index (κ2) is 6.35. The average Bonchev–Trinajstić information content (AvgIpc) is 2.25. The number of ether oxygens (including phenoxy) is 2. The average molecular weight is 316 g/mol. The van der Waals surface area contributed by atoms with Crippen LogP contribution in [0.3, 0.4) is 0 Å². The third kappa shape index (κ3) is 5.36. The smallest absolute Gasteiger partial charge is 0.387 e. The molecular formula is C10H21O9P. The van der Waals surface area contributed by atoms with Crippen LogP contribution in [0.5, 0.6) is 0 Å². The Hall–Kier alpha value is -0.0900. The topological polar surface area (TPSA) is 146 Å². The van der Waals surface area contributed by atoms with Gasteiger partial charge in [-0.2, -0.15) is 0 Å². The first-order valence-corrected chi connectivity index (χ1v) is 7.51. The zero-order chi connectivity index (χ0) is 15.7. The Bertz CT molecular complexity index is 362. The lowest BCUT2D eigenvalue weighted by molar-refractivity contribution is -0.320. The summed E-state index contributed by atoms with van der Waals surface area (Å²) >= 11 is 0. The third-order valence-electron chi connectivity index (χ3n) is 2.55. The second-order valence-electron chi connectivity index (χ2n) is 5.53. The molecule has 0 radical (unpaired) electrons. The molecular weight excluding hydrogens is 295 g/mol. The van der Waals surface area contributed by atoms with Crippen LogP contribution in [-0.2, 0) is 18.6 Å². The molecule has 0 aliphatic carbocycles. The van der Waals surface area contributed by atoms with Gasteiger partial charge in [0, 0.05) is 0 Å². The Labute approximate surface area is 116 Å². The van der Waals surface area contributed by atoms with Gasteiger partial charge in [-0.15, -0.1) is 0 Å². The normalized spacial score (nSPS) is 36.1. The lowest BCUT2D eigenvalue weighted by atomic mass is 9.99. The molecule has 120 valence electrons. The van der Waals surface area contributed by atoms with E-state index in [1.165, 1.54) is 0 Å². The molecule has 5 N–H and O–H groups in total. The highest BCUT2D eigenvalue weighted by molar-refractivity contribution is 7.46. The number of hydrogen-bond acceptors (Lipinski definition) is 7. The summed E-state index contributed by atoms with van der Waals surface area (Å²) < 4.78 is 25.4. The van der Waals surface area contributed by atoms with Crippen LogP contribution in [0.4, 0.5) is 0 Å². The molecule has 5 atom stereocenters. The summed E-state index contributed by atoms with van der Waals surface area (Å²) in [7, 11) is -4.73. The Morgan fingerprint density at radius 3 is 2.10 bits per heavy atom. The minimum absolute atomic E-state index is 0.654. The third-order valence-corrected chi connectivity index (χ3v) is 3.03. The molecule has 0 bridgehead atoms. The predicted octanol–water partition coefficient (Wildman–Crippen LogP) is -1.28. The molecule has 9 nitrogen and oxygen atoms in total. The molecule has 0 amide bonds. The molecule has 1 unspecified atom stereocenters. The van der Waals surface area contributed by atoms with Gasteiger partial charge in [-0.1, -0.05) is 0 Å². The van der Waals surface area contributed by atoms with Crippen molar-refractivity contribution < 1.29 is 43.7 Å². The predicted molar refractivity (Wildman–Crippen MR) is 65.5 cm³/mol. The van der Waals surface area contributed by atoms with Crippen molar-refractivity contribution in [1.29, 1.82) is 0 Å². The number of hydrogen-bond donors (Lipinski definition) is 5. The van der Waals surface area contributed by atoms with Crippen LogP contribution in [-0.4, -0.2) is 68.0 Å². The molecule has 0 aromatic heterocycles. The maximum absolute atomic E-state index is 10.6.